The van der Waals surface area contributed by atoms with Gasteiger partial charge in [0.15, 0.2) is 0 Å². The molecule has 90 valence electrons. The van der Waals surface area contributed by atoms with Gasteiger partial charge in [0.25, 0.3) is 0 Å². The molecule has 1 aromatic rings. The van der Waals surface area contributed by atoms with Crippen molar-refractivity contribution >= 4 is 0 Å². The summed E-state index contributed by atoms with van der Waals surface area (Å²) in [5.41, 5.74) is 1.27. The topological polar surface area (TPSA) is 12.5 Å². The Morgan fingerprint density at radius 3 is 2.38 bits per heavy atom. The molecule has 0 spiro atoms. The third kappa shape index (κ3) is 5.17. The fourth-order valence-electron chi connectivity index (χ4n) is 1.67. The van der Waals surface area contributed by atoms with E-state index in [2.05, 4.69) is 44.9 Å². The highest BCUT2D eigenvalue weighted by Crippen LogP contribution is 2.11. The standard InChI is InChI=1S/C14H23NO/c1-12(2)11-15(4)9-10-16-14-7-5-13(3)6-8-14/h5-8,12H,9-11H2,1-4H3. The van der Waals surface area contributed by atoms with Gasteiger partial charge >= 0.3 is 0 Å². The third-order valence-corrected chi connectivity index (χ3v) is 2.44. The van der Waals surface area contributed by atoms with E-state index in [-0.39, 0.29) is 0 Å². The van der Waals surface area contributed by atoms with Crippen LogP contribution in [-0.2, 0) is 0 Å². The number of aryl methyl sites for hydroxylation is 1. The Morgan fingerprint density at radius 2 is 1.81 bits per heavy atom. The van der Waals surface area contributed by atoms with E-state index in [0.717, 1.165) is 25.4 Å². The zero-order valence-corrected chi connectivity index (χ0v) is 10.9. The molecule has 0 saturated heterocycles. The fourth-order valence-corrected chi connectivity index (χ4v) is 1.67. The van der Waals surface area contributed by atoms with Crippen LogP contribution < -0.4 is 4.74 Å². The predicted octanol–water partition coefficient (Wildman–Crippen LogP) is 2.96. The number of nitrogens with zero attached hydrogens (tertiary/aromatic N) is 1. The molecule has 1 aromatic carbocycles. The van der Waals surface area contributed by atoms with Crippen LogP contribution in [0.5, 0.6) is 5.75 Å². The molecule has 0 aromatic heterocycles. The van der Waals surface area contributed by atoms with Crippen LogP contribution in [0.2, 0.25) is 0 Å². The highest BCUT2D eigenvalue weighted by molar-refractivity contribution is 5.26. The average Bonchev–Trinajstić information content (AvgIpc) is 2.20. The molecule has 16 heavy (non-hydrogen) atoms. The molecule has 0 N–H and O–H groups in total. The summed E-state index contributed by atoms with van der Waals surface area (Å²) in [4.78, 5) is 2.30. The monoisotopic (exact) mass is 221 g/mol. The molecule has 0 radical (unpaired) electrons. The molecule has 0 heterocycles. The number of ether oxygens (including phenoxy) is 1. The van der Waals surface area contributed by atoms with Crippen molar-refractivity contribution in [3.63, 3.8) is 0 Å². The Bertz CT molecular complexity index is 292. The summed E-state index contributed by atoms with van der Waals surface area (Å²) in [6, 6.07) is 8.20. The van der Waals surface area contributed by atoms with Gasteiger partial charge in [-0.15, -0.1) is 0 Å². The highest BCUT2D eigenvalue weighted by atomic mass is 16.5. The predicted molar refractivity (Wildman–Crippen MR) is 69.0 cm³/mol. The second-order valence-electron chi connectivity index (χ2n) is 4.82. The summed E-state index contributed by atoms with van der Waals surface area (Å²) in [7, 11) is 2.14. The SMILES string of the molecule is Cc1ccc(OCCN(C)CC(C)C)cc1. The molecule has 0 unspecified atom stereocenters. The van der Waals surface area contributed by atoms with Crippen molar-refractivity contribution in [2.45, 2.75) is 20.8 Å². The molecule has 0 saturated carbocycles. The van der Waals surface area contributed by atoms with E-state index in [0.29, 0.717) is 5.92 Å². The van der Waals surface area contributed by atoms with E-state index in [1.165, 1.54) is 5.56 Å². The minimum absolute atomic E-state index is 0.712. The van der Waals surface area contributed by atoms with Gasteiger partial charge in [-0.05, 0) is 32.0 Å². The molecule has 0 bridgehead atoms. The average molecular weight is 221 g/mol. The third-order valence-electron chi connectivity index (χ3n) is 2.44. The van der Waals surface area contributed by atoms with Crippen molar-refractivity contribution in [2.75, 3.05) is 26.7 Å². The molecule has 2 nitrogen and oxygen atoms in total. The van der Waals surface area contributed by atoms with Crippen LogP contribution in [0.3, 0.4) is 0 Å². The normalized spacial score (nSPS) is 11.1. The minimum Gasteiger partial charge on any atom is -0.492 e. The van der Waals surface area contributed by atoms with Gasteiger partial charge in [0, 0.05) is 13.1 Å². The lowest BCUT2D eigenvalue weighted by Crippen LogP contribution is -2.27. The van der Waals surface area contributed by atoms with Gasteiger partial charge in [-0.25, -0.2) is 0 Å². The van der Waals surface area contributed by atoms with E-state index < -0.39 is 0 Å². The lowest BCUT2D eigenvalue weighted by Gasteiger charge is -2.18. The lowest BCUT2D eigenvalue weighted by atomic mass is 10.2. The maximum absolute atomic E-state index is 5.67. The van der Waals surface area contributed by atoms with Gasteiger partial charge in [0.2, 0.25) is 0 Å². The molecule has 1 rings (SSSR count). The number of benzene rings is 1. The van der Waals surface area contributed by atoms with Crippen molar-refractivity contribution in [3.05, 3.63) is 29.8 Å². The maximum Gasteiger partial charge on any atom is 0.119 e. The quantitative estimate of drug-likeness (QED) is 0.732. The van der Waals surface area contributed by atoms with Crippen LogP contribution in [0.4, 0.5) is 0 Å². The number of hydrogen-bond donors (Lipinski definition) is 0. The largest absolute Gasteiger partial charge is 0.492 e. The second-order valence-corrected chi connectivity index (χ2v) is 4.82. The maximum atomic E-state index is 5.67. The molecular formula is C14H23NO. The minimum atomic E-state index is 0.712. The molecule has 0 aliphatic heterocycles. The van der Waals surface area contributed by atoms with Crippen molar-refractivity contribution in [1.29, 1.82) is 0 Å². The molecular weight excluding hydrogens is 198 g/mol. The zero-order valence-electron chi connectivity index (χ0n) is 10.9. The van der Waals surface area contributed by atoms with E-state index in [4.69, 9.17) is 4.74 Å². The van der Waals surface area contributed by atoms with Crippen molar-refractivity contribution in [1.82, 2.24) is 4.90 Å². The molecule has 0 atom stereocenters. The second kappa shape index (κ2) is 6.54. The zero-order chi connectivity index (χ0) is 12.0. The van der Waals surface area contributed by atoms with E-state index in [1.54, 1.807) is 0 Å². The van der Waals surface area contributed by atoms with Crippen LogP contribution >= 0.6 is 0 Å². The molecule has 0 amide bonds. The Labute approximate surface area is 99.2 Å². The first-order valence-electron chi connectivity index (χ1n) is 5.96. The van der Waals surface area contributed by atoms with Crippen LogP contribution in [0.15, 0.2) is 24.3 Å². The summed E-state index contributed by atoms with van der Waals surface area (Å²) in [5, 5.41) is 0. The van der Waals surface area contributed by atoms with Crippen molar-refractivity contribution in [3.8, 4) is 5.75 Å². The van der Waals surface area contributed by atoms with Gasteiger partial charge in [0.1, 0.15) is 12.4 Å². The Kier molecular flexibility index (Phi) is 5.33. The fraction of sp³-hybridized carbons (Fsp3) is 0.571. The van der Waals surface area contributed by atoms with Crippen LogP contribution in [0.25, 0.3) is 0 Å². The summed E-state index contributed by atoms with van der Waals surface area (Å²) < 4.78 is 5.67. The first-order chi connectivity index (χ1) is 7.58. The van der Waals surface area contributed by atoms with E-state index in [1.807, 2.05) is 12.1 Å². The van der Waals surface area contributed by atoms with Gasteiger partial charge in [-0.2, -0.15) is 0 Å². The Balaban J connectivity index is 2.22. The van der Waals surface area contributed by atoms with Gasteiger partial charge in [-0.3, -0.25) is 0 Å². The van der Waals surface area contributed by atoms with Gasteiger partial charge in [-0.1, -0.05) is 31.5 Å². The van der Waals surface area contributed by atoms with Gasteiger partial charge in [0.05, 0.1) is 0 Å². The molecule has 0 aliphatic carbocycles. The lowest BCUT2D eigenvalue weighted by molar-refractivity contribution is 0.223. The highest BCUT2D eigenvalue weighted by Gasteiger charge is 2.01. The van der Waals surface area contributed by atoms with Crippen molar-refractivity contribution < 1.29 is 4.74 Å². The summed E-state index contributed by atoms with van der Waals surface area (Å²) >= 11 is 0. The number of rotatable bonds is 6. The molecule has 0 aliphatic rings. The first-order valence-corrected chi connectivity index (χ1v) is 5.96. The first kappa shape index (κ1) is 13.0. The summed E-state index contributed by atoms with van der Waals surface area (Å²) in [6.45, 7) is 9.41. The van der Waals surface area contributed by atoms with E-state index in [9.17, 15) is 0 Å². The van der Waals surface area contributed by atoms with Gasteiger partial charge < -0.3 is 9.64 Å². The van der Waals surface area contributed by atoms with Crippen molar-refractivity contribution in [2.24, 2.45) is 5.92 Å². The molecule has 0 fully saturated rings. The number of hydrogen-bond acceptors (Lipinski definition) is 2. The van der Waals surface area contributed by atoms with E-state index >= 15 is 0 Å². The smallest absolute Gasteiger partial charge is 0.119 e. The summed E-state index contributed by atoms with van der Waals surface area (Å²) in [5.74, 6) is 1.67. The van der Waals surface area contributed by atoms with Crippen LogP contribution in [0.1, 0.15) is 19.4 Å². The van der Waals surface area contributed by atoms with Crippen LogP contribution in [0, 0.1) is 12.8 Å². The summed E-state index contributed by atoms with van der Waals surface area (Å²) in [6.07, 6.45) is 0. The molecule has 2 heteroatoms. The van der Waals surface area contributed by atoms with Crippen LogP contribution in [-0.4, -0.2) is 31.6 Å². The number of likely N-dealkylation sites (N-methyl/N-ethyl adjacent to an activating group) is 1. The Morgan fingerprint density at radius 1 is 1.19 bits per heavy atom. The Hall–Kier alpha value is -1.02.